The Labute approximate surface area is 98.6 Å². The molecule has 1 heterocycles. The number of carbonyl (C=O) groups excluding carboxylic acids is 1. The molecule has 0 spiro atoms. The predicted octanol–water partition coefficient (Wildman–Crippen LogP) is 1.17. The molecule has 2 rings (SSSR count). The van der Waals surface area contributed by atoms with Crippen LogP contribution in [0.4, 0.5) is 0 Å². The Balaban J connectivity index is 2.26. The zero-order chi connectivity index (χ0) is 12.4. The van der Waals surface area contributed by atoms with Crippen LogP contribution in [0.2, 0.25) is 0 Å². The Hall–Kier alpha value is -1.88. The van der Waals surface area contributed by atoms with Crippen molar-refractivity contribution in [3.05, 3.63) is 30.1 Å². The number of aliphatic hydroxyl groups excluding tert-OH is 1. The summed E-state index contributed by atoms with van der Waals surface area (Å²) < 4.78 is 6.41. The fraction of sp³-hybridized carbons (Fsp3) is 0.333. The fourth-order valence-corrected chi connectivity index (χ4v) is 1.72. The number of hydrogen-bond acceptors (Lipinski definition) is 4. The second-order valence-corrected chi connectivity index (χ2v) is 3.90. The maximum absolute atomic E-state index is 11.1. The SMILES string of the molecule is COC(=O)CC(O)c1ccc2c(c1)ncn2C. The molecule has 0 fully saturated rings. The molecular weight excluding hydrogens is 220 g/mol. The lowest BCUT2D eigenvalue weighted by Crippen LogP contribution is -2.08. The van der Waals surface area contributed by atoms with Gasteiger partial charge in [-0.2, -0.15) is 0 Å². The van der Waals surface area contributed by atoms with Crippen LogP contribution in [0.15, 0.2) is 24.5 Å². The number of aryl methyl sites for hydroxylation is 1. The van der Waals surface area contributed by atoms with Gasteiger partial charge < -0.3 is 14.4 Å². The number of esters is 1. The first-order valence-corrected chi connectivity index (χ1v) is 5.27. The van der Waals surface area contributed by atoms with Crippen molar-refractivity contribution in [2.75, 3.05) is 7.11 Å². The number of carbonyl (C=O) groups is 1. The van der Waals surface area contributed by atoms with Crippen molar-refractivity contribution in [1.29, 1.82) is 0 Å². The number of ether oxygens (including phenoxy) is 1. The topological polar surface area (TPSA) is 64.3 Å². The number of rotatable bonds is 3. The molecular formula is C12H14N2O3. The lowest BCUT2D eigenvalue weighted by atomic mass is 10.1. The summed E-state index contributed by atoms with van der Waals surface area (Å²) in [5.41, 5.74) is 2.45. The van der Waals surface area contributed by atoms with E-state index in [2.05, 4.69) is 9.72 Å². The van der Waals surface area contributed by atoms with Crippen molar-refractivity contribution in [3.8, 4) is 0 Å². The summed E-state index contributed by atoms with van der Waals surface area (Å²) in [6.07, 6.45) is 0.810. The highest BCUT2D eigenvalue weighted by Gasteiger charge is 2.14. The van der Waals surface area contributed by atoms with Crippen LogP contribution in [-0.2, 0) is 16.6 Å². The zero-order valence-corrected chi connectivity index (χ0v) is 9.75. The summed E-state index contributed by atoms with van der Waals surface area (Å²) in [5.74, 6) is -0.432. The number of benzene rings is 1. The van der Waals surface area contributed by atoms with Crippen molar-refractivity contribution < 1.29 is 14.6 Å². The summed E-state index contributed by atoms with van der Waals surface area (Å²) in [6.45, 7) is 0. The van der Waals surface area contributed by atoms with Gasteiger partial charge in [0.2, 0.25) is 0 Å². The molecule has 0 aliphatic heterocycles. The second-order valence-electron chi connectivity index (χ2n) is 3.90. The minimum Gasteiger partial charge on any atom is -0.469 e. The van der Waals surface area contributed by atoms with Crippen LogP contribution < -0.4 is 0 Å². The normalized spacial score (nSPS) is 12.6. The molecule has 1 aromatic carbocycles. The molecule has 0 amide bonds. The van der Waals surface area contributed by atoms with E-state index in [-0.39, 0.29) is 6.42 Å². The highest BCUT2D eigenvalue weighted by Crippen LogP contribution is 2.21. The van der Waals surface area contributed by atoms with Gasteiger partial charge in [-0.1, -0.05) is 6.07 Å². The summed E-state index contributed by atoms with van der Waals surface area (Å²) in [5, 5.41) is 9.85. The van der Waals surface area contributed by atoms with Crippen molar-refractivity contribution in [3.63, 3.8) is 0 Å². The van der Waals surface area contributed by atoms with E-state index in [1.807, 2.05) is 17.7 Å². The smallest absolute Gasteiger partial charge is 0.308 e. The van der Waals surface area contributed by atoms with Crippen molar-refractivity contribution in [2.45, 2.75) is 12.5 Å². The van der Waals surface area contributed by atoms with Crippen LogP contribution in [0.3, 0.4) is 0 Å². The monoisotopic (exact) mass is 234 g/mol. The van der Waals surface area contributed by atoms with Crippen LogP contribution in [-0.4, -0.2) is 27.7 Å². The molecule has 17 heavy (non-hydrogen) atoms. The Morgan fingerprint density at radius 1 is 1.59 bits per heavy atom. The molecule has 1 unspecified atom stereocenters. The van der Waals surface area contributed by atoms with Gasteiger partial charge >= 0.3 is 5.97 Å². The fourth-order valence-electron chi connectivity index (χ4n) is 1.72. The summed E-state index contributed by atoms with van der Waals surface area (Å²) in [7, 11) is 3.21. The minimum atomic E-state index is -0.853. The number of methoxy groups -OCH3 is 1. The van der Waals surface area contributed by atoms with E-state index in [0.29, 0.717) is 5.56 Å². The van der Waals surface area contributed by atoms with Gasteiger partial charge in [-0.05, 0) is 17.7 Å². The van der Waals surface area contributed by atoms with Crippen LogP contribution >= 0.6 is 0 Å². The highest BCUT2D eigenvalue weighted by molar-refractivity contribution is 5.76. The molecule has 1 N–H and O–H groups in total. The van der Waals surface area contributed by atoms with E-state index in [0.717, 1.165) is 11.0 Å². The van der Waals surface area contributed by atoms with Gasteiger partial charge in [-0.3, -0.25) is 4.79 Å². The van der Waals surface area contributed by atoms with Crippen LogP contribution in [0.1, 0.15) is 18.1 Å². The van der Waals surface area contributed by atoms with Crippen molar-refractivity contribution in [1.82, 2.24) is 9.55 Å². The standard InChI is InChI=1S/C12H14N2O3/c1-14-7-13-9-5-8(3-4-10(9)14)11(15)6-12(16)17-2/h3-5,7,11,15H,6H2,1-2H3. The largest absolute Gasteiger partial charge is 0.469 e. The van der Waals surface area contributed by atoms with Crippen molar-refractivity contribution >= 4 is 17.0 Å². The number of fused-ring (bicyclic) bond motifs is 1. The Kier molecular flexibility index (Phi) is 3.10. The first-order valence-electron chi connectivity index (χ1n) is 5.27. The minimum absolute atomic E-state index is 0.0468. The molecule has 0 aliphatic rings. The number of nitrogens with zero attached hydrogens (tertiary/aromatic N) is 2. The van der Waals surface area contributed by atoms with Crippen LogP contribution in [0.25, 0.3) is 11.0 Å². The van der Waals surface area contributed by atoms with Gasteiger partial charge in [0.1, 0.15) is 0 Å². The summed E-state index contributed by atoms with van der Waals surface area (Å²) >= 11 is 0. The first-order chi connectivity index (χ1) is 8.11. The average Bonchev–Trinajstić information content (AvgIpc) is 2.70. The van der Waals surface area contributed by atoms with E-state index >= 15 is 0 Å². The van der Waals surface area contributed by atoms with E-state index in [9.17, 15) is 9.90 Å². The molecule has 0 saturated heterocycles. The van der Waals surface area contributed by atoms with Crippen LogP contribution in [0.5, 0.6) is 0 Å². The predicted molar refractivity (Wildman–Crippen MR) is 62.3 cm³/mol. The Bertz CT molecular complexity index is 548. The lowest BCUT2D eigenvalue weighted by Gasteiger charge is -2.09. The third kappa shape index (κ3) is 2.29. The van der Waals surface area contributed by atoms with Gasteiger partial charge in [0.15, 0.2) is 0 Å². The van der Waals surface area contributed by atoms with E-state index in [4.69, 9.17) is 0 Å². The molecule has 0 bridgehead atoms. The zero-order valence-electron chi connectivity index (χ0n) is 9.75. The molecule has 1 atom stereocenters. The Morgan fingerprint density at radius 2 is 2.35 bits per heavy atom. The number of hydrogen-bond donors (Lipinski definition) is 1. The third-order valence-corrected chi connectivity index (χ3v) is 2.72. The highest BCUT2D eigenvalue weighted by atomic mass is 16.5. The quantitative estimate of drug-likeness (QED) is 0.810. The molecule has 5 nitrogen and oxygen atoms in total. The van der Waals surface area contributed by atoms with Gasteiger partial charge in [0.25, 0.3) is 0 Å². The molecule has 0 radical (unpaired) electrons. The van der Waals surface area contributed by atoms with Gasteiger partial charge in [0.05, 0.1) is 37.0 Å². The maximum Gasteiger partial charge on any atom is 0.308 e. The second kappa shape index (κ2) is 4.55. The van der Waals surface area contributed by atoms with Gasteiger partial charge in [-0.15, -0.1) is 0 Å². The number of aliphatic hydroxyl groups is 1. The number of aromatic nitrogens is 2. The molecule has 2 aromatic rings. The maximum atomic E-state index is 11.1. The van der Waals surface area contributed by atoms with E-state index < -0.39 is 12.1 Å². The van der Waals surface area contributed by atoms with Gasteiger partial charge in [0, 0.05) is 7.05 Å². The van der Waals surface area contributed by atoms with Crippen LogP contribution in [0, 0.1) is 0 Å². The molecule has 0 saturated carbocycles. The van der Waals surface area contributed by atoms with E-state index in [1.54, 1.807) is 18.5 Å². The van der Waals surface area contributed by atoms with E-state index in [1.165, 1.54) is 7.11 Å². The Morgan fingerprint density at radius 3 is 3.06 bits per heavy atom. The third-order valence-electron chi connectivity index (χ3n) is 2.72. The lowest BCUT2D eigenvalue weighted by molar-refractivity contribution is -0.142. The van der Waals surface area contributed by atoms with Gasteiger partial charge in [-0.25, -0.2) is 4.98 Å². The average molecular weight is 234 g/mol. The summed E-state index contributed by atoms with van der Waals surface area (Å²) in [6, 6.07) is 5.44. The first kappa shape index (κ1) is 11.6. The number of imidazole rings is 1. The summed E-state index contributed by atoms with van der Waals surface area (Å²) in [4.78, 5) is 15.3. The molecule has 5 heteroatoms. The molecule has 90 valence electrons. The van der Waals surface area contributed by atoms with Crippen molar-refractivity contribution in [2.24, 2.45) is 7.05 Å². The molecule has 1 aromatic heterocycles. The molecule has 0 aliphatic carbocycles.